The highest BCUT2D eigenvalue weighted by atomic mass is 16.5. The lowest BCUT2D eigenvalue weighted by Gasteiger charge is -2.08. The average molecular weight is 212 g/mol. The molecule has 0 aliphatic rings. The van der Waals surface area contributed by atoms with Crippen molar-refractivity contribution in [3.63, 3.8) is 0 Å². The molecular formula is C10H16N2O3. The lowest BCUT2D eigenvalue weighted by molar-refractivity contribution is 0.201. The second-order valence-electron chi connectivity index (χ2n) is 2.87. The summed E-state index contributed by atoms with van der Waals surface area (Å²) in [6.07, 6.45) is 0. The highest BCUT2D eigenvalue weighted by Crippen LogP contribution is 2.14. The second kappa shape index (κ2) is 7.05. The third-order valence-electron chi connectivity index (χ3n) is 1.68. The maximum absolute atomic E-state index is 8.55. The fourth-order valence-electron chi connectivity index (χ4n) is 1.02. The molecule has 0 amide bonds. The molecule has 0 aromatic heterocycles. The van der Waals surface area contributed by atoms with E-state index in [1.54, 1.807) is 12.1 Å². The van der Waals surface area contributed by atoms with Crippen molar-refractivity contribution in [1.29, 1.82) is 0 Å². The minimum atomic E-state index is 0.0120. The Morgan fingerprint density at radius 1 is 1.07 bits per heavy atom. The zero-order valence-electron chi connectivity index (χ0n) is 8.44. The largest absolute Gasteiger partial charge is 0.491 e. The Balaban J connectivity index is 2.35. The molecule has 0 aliphatic carbocycles. The lowest BCUT2D eigenvalue weighted by atomic mass is 10.3. The predicted octanol–water partition coefficient (Wildman–Crippen LogP) is -0.0335. The summed E-state index contributed by atoms with van der Waals surface area (Å²) in [5.74, 6) is 0.719. The van der Waals surface area contributed by atoms with E-state index in [-0.39, 0.29) is 13.2 Å². The quantitative estimate of drug-likeness (QED) is 0.377. The van der Waals surface area contributed by atoms with Gasteiger partial charge in [0.05, 0.1) is 13.2 Å². The van der Waals surface area contributed by atoms with Crippen LogP contribution in [0.25, 0.3) is 0 Å². The summed E-state index contributed by atoms with van der Waals surface area (Å²) in [7, 11) is 0. The van der Waals surface area contributed by atoms with Gasteiger partial charge in [0.1, 0.15) is 12.4 Å². The van der Waals surface area contributed by atoms with Gasteiger partial charge in [-0.15, -0.1) is 0 Å². The molecule has 0 radical (unpaired) electrons. The second-order valence-corrected chi connectivity index (χ2v) is 2.87. The third kappa shape index (κ3) is 4.64. The van der Waals surface area contributed by atoms with Gasteiger partial charge >= 0.3 is 0 Å². The number of hydrogen-bond acceptors (Lipinski definition) is 5. The SMILES string of the molecule is OCCNNc1ccc(OCCO)cc1. The summed E-state index contributed by atoms with van der Waals surface area (Å²) in [4.78, 5) is 0. The number of nitrogens with one attached hydrogen (secondary N) is 2. The minimum Gasteiger partial charge on any atom is -0.491 e. The van der Waals surface area contributed by atoms with Crippen LogP contribution in [0.3, 0.4) is 0 Å². The number of hydrazine groups is 1. The van der Waals surface area contributed by atoms with Gasteiger partial charge in [0.15, 0.2) is 0 Å². The normalized spacial score (nSPS) is 10.0. The Morgan fingerprint density at radius 2 is 1.80 bits per heavy atom. The van der Waals surface area contributed by atoms with E-state index in [1.165, 1.54) is 0 Å². The number of anilines is 1. The van der Waals surface area contributed by atoms with E-state index >= 15 is 0 Å². The maximum Gasteiger partial charge on any atom is 0.119 e. The first-order chi connectivity index (χ1) is 7.36. The monoisotopic (exact) mass is 212 g/mol. The van der Waals surface area contributed by atoms with Crippen LogP contribution in [-0.2, 0) is 0 Å². The van der Waals surface area contributed by atoms with Crippen molar-refractivity contribution in [3.05, 3.63) is 24.3 Å². The molecule has 0 spiro atoms. The van der Waals surface area contributed by atoms with Gasteiger partial charge in [-0.1, -0.05) is 0 Å². The van der Waals surface area contributed by atoms with Gasteiger partial charge in [0, 0.05) is 12.2 Å². The van der Waals surface area contributed by atoms with Crippen molar-refractivity contribution in [2.75, 3.05) is 31.8 Å². The minimum absolute atomic E-state index is 0.0120. The van der Waals surface area contributed by atoms with E-state index in [4.69, 9.17) is 14.9 Å². The third-order valence-corrected chi connectivity index (χ3v) is 1.68. The van der Waals surface area contributed by atoms with Crippen LogP contribution < -0.4 is 15.6 Å². The average Bonchev–Trinajstić information content (AvgIpc) is 2.28. The van der Waals surface area contributed by atoms with E-state index in [2.05, 4.69) is 10.9 Å². The van der Waals surface area contributed by atoms with Gasteiger partial charge < -0.3 is 20.4 Å². The number of hydrogen-bond donors (Lipinski definition) is 4. The molecule has 1 rings (SSSR count). The molecule has 5 nitrogen and oxygen atoms in total. The zero-order chi connectivity index (χ0) is 10.9. The molecule has 0 aliphatic heterocycles. The molecule has 1 aromatic rings. The zero-order valence-corrected chi connectivity index (χ0v) is 8.44. The summed E-state index contributed by atoms with van der Waals surface area (Å²) < 4.78 is 5.20. The first-order valence-corrected chi connectivity index (χ1v) is 4.80. The Morgan fingerprint density at radius 3 is 2.40 bits per heavy atom. The van der Waals surface area contributed by atoms with Gasteiger partial charge in [0.2, 0.25) is 0 Å². The molecular weight excluding hydrogens is 196 g/mol. The van der Waals surface area contributed by atoms with E-state index in [0.717, 1.165) is 11.4 Å². The van der Waals surface area contributed by atoms with Crippen LogP contribution in [0.15, 0.2) is 24.3 Å². The van der Waals surface area contributed by atoms with E-state index in [1.807, 2.05) is 12.1 Å². The highest BCUT2D eigenvalue weighted by Gasteiger charge is 1.94. The Kier molecular flexibility index (Phi) is 5.54. The van der Waals surface area contributed by atoms with Crippen molar-refractivity contribution in [2.45, 2.75) is 0 Å². The molecule has 84 valence electrons. The predicted molar refractivity (Wildman–Crippen MR) is 57.7 cm³/mol. The maximum atomic E-state index is 8.55. The molecule has 0 bridgehead atoms. The van der Waals surface area contributed by atoms with E-state index in [0.29, 0.717) is 13.2 Å². The number of benzene rings is 1. The van der Waals surface area contributed by atoms with Gasteiger partial charge in [0.25, 0.3) is 0 Å². The summed E-state index contributed by atoms with van der Waals surface area (Å²) in [5, 5.41) is 17.1. The van der Waals surface area contributed by atoms with Gasteiger partial charge in [-0.3, -0.25) is 0 Å². The van der Waals surface area contributed by atoms with E-state index in [9.17, 15) is 0 Å². The number of rotatable bonds is 7. The molecule has 0 atom stereocenters. The fourth-order valence-corrected chi connectivity index (χ4v) is 1.02. The van der Waals surface area contributed by atoms with Crippen LogP contribution >= 0.6 is 0 Å². The summed E-state index contributed by atoms with van der Waals surface area (Å²) in [5.41, 5.74) is 6.64. The first-order valence-electron chi connectivity index (χ1n) is 4.80. The fraction of sp³-hybridized carbons (Fsp3) is 0.400. The number of aliphatic hydroxyl groups excluding tert-OH is 2. The Hall–Kier alpha value is -1.30. The van der Waals surface area contributed by atoms with Crippen LogP contribution in [-0.4, -0.2) is 36.6 Å². The van der Waals surface area contributed by atoms with Crippen LogP contribution in [0.4, 0.5) is 5.69 Å². The van der Waals surface area contributed by atoms with E-state index < -0.39 is 0 Å². The molecule has 0 unspecified atom stereocenters. The van der Waals surface area contributed by atoms with Crippen molar-refractivity contribution in [1.82, 2.24) is 5.43 Å². The van der Waals surface area contributed by atoms with Gasteiger partial charge in [-0.05, 0) is 24.3 Å². The van der Waals surface area contributed by atoms with Crippen molar-refractivity contribution in [3.8, 4) is 5.75 Å². The molecule has 0 saturated heterocycles. The molecule has 0 heterocycles. The topological polar surface area (TPSA) is 73.8 Å². The van der Waals surface area contributed by atoms with Crippen LogP contribution in [0, 0.1) is 0 Å². The van der Waals surface area contributed by atoms with Crippen molar-refractivity contribution >= 4 is 5.69 Å². The molecule has 0 saturated carbocycles. The summed E-state index contributed by atoms with van der Waals surface area (Å²) in [6.45, 7) is 0.890. The highest BCUT2D eigenvalue weighted by molar-refractivity contribution is 5.45. The van der Waals surface area contributed by atoms with Gasteiger partial charge in [-0.2, -0.15) is 0 Å². The van der Waals surface area contributed by atoms with Crippen LogP contribution in [0.5, 0.6) is 5.75 Å². The summed E-state index contributed by atoms with van der Waals surface area (Å²) in [6, 6.07) is 7.30. The number of ether oxygens (including phenoxy) is 1. The number of aliphatic hydroxyl groups is 2. The first kappa shape index (κ1) is 11.8. The lowest BCUT2D eigenvalue weighted by Crippen LogP contribution is -2.24. The van der Waals surface area contributed by atoms with Crippen LogP contribution in [0.1, 0.15) is 0 Å². The standard InChI is InChI=1S/C10H16N2O3/c13-6-5-11-12-9-1-3-10(4-2-9)15-8-7-14/h1-4,11-14H,5-8H2. The molecule has 1 aromatic carbocycles. The van der Waals surface area contributed by atoms with Crippen molar-refractivity contribution in [2.24, 2.45) is 0 Å². The smallest absolute Gasteiger partial charge is 0.119 e. The molecule has 5 heteroatoms. The van der Waals surface area contributed by atoms with Gasteiger partial charge in [-0.25, -0.2) is 5.43 Å². The molecule has 0 fully saturated rings. The Labute approximate surface area is 88.7 Å². The molecule has 15 heavy (non-hydrogen) atoms. The molecule has 4 N–H and O–H groups in total. The summed E-state index contributed by atoms with van der Waals surface area (Å²) >= 11 is 0. The Bertz CT molecular complexity index is 264. The van der Waals surface area contributed by atoms with Crippen molar-refractivity contribution < 1.29 is 14.9 Å². The van der Waals surface area contributed by atoms with Crippen LogP contribution in [0.2, 0.25) is 0 Å².